The molecule has 0 radical (unpaired) electrons. The van der Waals surface area contributed by atoms with Gasteiger partial charge in [-0.1, -0.05) is 48.0 Å². The summed E-state index contributed by atoms with van der Waals surface area (Å²) in [6.07, 6.45) is 3.34. The van der Waals surface area contributed by atoms with Crippen molar-refractivity contribution in [1.29, 1.82) is 0 Å². The van der Waals surface area contributed by atoms with E-state index in [-0.39, 0.29) is 17.2 Å². The number of nitrogens with one attached hydrogen (secondary N) is 2. The molecule has 11 heteroatoms. The lowest BCUT2D eigenvalue weighted by atomic mass is 9.74. The summed E-state index contributed by atoms with van der Waals surface area (Å²) >= 11 is 6.11. The number of fused-ring (bicyclic) bond motifs is 3. The van der Waals surface area contributed by atoms with Crippen LogP contribution in [0.15, 0.2) is 66.7 Å². The molecule has 0 saturated carbocycles. The molecule has 3 aromatic carbocycles. The molecule has 2 atom stereocenters. The number of halogens is 1. The SMILES string of the molecule is COc1ccc2c(c1)CNC(C(=O)NC(Cc1ccc(Cl)cc1)C(=O)N1CCC3(CC1)CN(S(C)(=O)=O)c1ccccc13)C2. The summed E-state index contributed by atoms with van der Waals surface area (Å²) in [6.45, 7) is 1.84. The van der Waals surface area contributed by atoms with Gasteiger partial charge in [0.25, 0.3) is 0 Å². The molecule has 2 amide bonds. The highest BCUT2D eigenvalue weighted by molar-refractivity contribution is 7.92. The number of para-hydroxylation sites is 1. The van der Waals surface area contributed by atoms with E-state index >= 15 is 0 Å². The monoisotopic (exact) mass is 636 g/mol. The van der Waals surface area contributed by atoms with E-state index in [2.05, 4.69) is 10.6 Å². The number of carbonyl (C=O) groups is 2. The van der Waals surface area contributed by atoms with Crippen molar-refractivity contribution in [1.82, 2.24) is 15.5 Å². The molecule has 3 aliphatic rings. The van der Waals surface area contributed by atoms with Crippen molar-refractivity contribution in [3.8, 4) is 5.75 Å². The van der Waals surface area contributed by atoms with Crippen LogP contribution < -0.4 is 19.7 Å². The zero-order valence-corrected chi connectivity index (χ0v) is 26.5. The molecule has 3 aliphatic heterocycles. The Hall–Kier alpha value is -3.60. The first-order chi connectivity index (χ1) is 21.1. The number of rotatable bonds is 7. The van der Waals surface area contributed by atoms with Gasteiger partial charge in [-0.15, -0.1) is 0 Å². The number of piperidine rings is 1. The van der Waals surface area contributed by atoms with Gasteiger partial charge in [-0.3, -0.25) is 13.9 Å². The van der Waals surface area contributed by atoms with E-state index < -0.39 is 22.1 Å². The van der Waals surface area contributed by atoms with Crippen molar-refractivity contribution in [2.45, 2.75) is 49.7 Å². The minimum atomic E-state index is -3.44. The Balaban J connectivity index is 1.18. The first kappa shape index (κ1) is 30.4. The van der Waals surface area contributed by atoms with Crippen LogP contribution in [-0.2, 0) is 44.4 Å². The summed E-state index contributed by atoms with van der Waals surface area (Å²) in [5.74, 6) is 0.409. The quantitative estimate of drug-likeness (QED) is 0.412. The van der Waals surface area contributed by atoms with E-state index in [0.29, 0.717) is 56.9 Å². The molecule has 2 unspecified atom stereocenters. The number of hydrogen-bond acceptors (Lipinski definition) is 6. The van der Waals surface area contributed by atoms with Crippen LogP contribution in [0.25, 0.3) is 0 Å². The Morgan fingerprint density at radius 1 is 1.07 bits per heavy atom. The summed E-state index contributed by atoms with van der Waals surface area (Å²) in [7, 11) is -1.80. The lowest BCUT2D eigenvalue weighted by molar-refractivity contribution is -0.138. The predicted molar refractivity (Wildman–Crippen MR) is 171 cm³/mol. The largest absolute Gasteiger partial charge is 0.497 e. The molecule has 6 rings (SSSR count). The van der Waals surface area contributed by atoms with Crippen LogP contribution in [0.5, 0.6) is 5.75 Å². The highest BCUT2D eigenvalue weighted by atomic mass is 35.5. The van der Waals surface area contributed by atoms with Gasteiger partial charge in [0.05, 0.1) is 25.1 Å². The van der Waals surface area contributed by atoms with E-state index in [4.69, 9.17) is 16.3 Å². The number of likely N-dealkylation sites (tertiary alicyclic amines) is 1. The van der Waals surface area contributed by atoms with Crippen molar-refractivity contribution in [3.05, 3.63) is 94.0 Å². The lowest BCUT2D eigenvalue weighted by Gasteiger charge is -2.41. The fourth-order valence-electron chi connectivity index (χ4n) is 6.82. The molecule has 1 fully saturated rings. The van der Waals surface area contributed by atoms with Gasteiger partial charge in [0.2, 0.25) is 21.8 Å². The minimum Gasteiger partial charge on any atom is -0.497 e. The second-order valence-corrected chi connectivity index (χ2v) is 14.4. The number of anilines is 1. The van der Waals surface area contributed by atoms with Gasteiger partial charge in [0.15, 0.2) is 0 Å². The van der Waals surface area contributed by atoms with Crippen LogP contribution in [0.3, 0.4) is 0 Å². The van der Waals surface area contributed by atoms with Crippen molar-refractivity contribution in [2.24, 2.45) is 0 Å². The number of benzene rings is 3. The van der Waals surface area contributed by atoms with E-state index in [0.717, 1.165) is 33.7 Å². The van der Waals surface area contributed by atoms with Crippen LogP contribution in [0.1, 0.15) is 35.1 Å². The van der Waals surface area contributed by atoms with Crippen LogP contribution in [0.2, 0.25) is 5.02 Å². The predicted octanol–water partition coefficient (Wildman–Crippen LogP) is 3.43. The van der Waals surface area contributed by atoms with Crippen LogP contribution in [0.4, 0.5) is 5.69 Å². The Morgan fingerprint density at radius 3 is 2.50 bits per heavy atom. The second-order valence-electron chi connectivity index (χ2n) is 12.1. The highest BCUT2D eigenvalue weighted by Gasteiger charge is 2.48. The lowest BCUT2D eigenvalue weighted by Crippen LogP contribution is -2.57. The summed E-state index contributed by atoms with van der Waals surface area (Å²) in [5.41, 5.74) is 4.45. The number of carbonyl (C=O) groups excluding carboxylic acids is 2. The number of hydrogen-bond donors (Lipinski definition) is 2. The Bertz CT molecular complexity index is 1670. The van der Waals surface area contributed by atoms with Gasteiger partial charge >= 0.3 is 0 Å². The highest BCUT2D eigenvalue weighted by Crippen LogP contribution is 2.47. The zero-order valence-electron chi connectivity index (χ0n) is 24.9. The Labute approximate surface area is 263 Å². The van der Waals surface area contributed by atoms with Crippen molar-refractivity contribution in [3.63, 3.8) is 0 Å². The summed E-state index contributed by atoms with van der Waals surface area (Å²) in [5, 5.41) is 6.98. The van der Waals surface area contributed by atoms with E-state index in [9.17, 15) is 18.0 Å². The smallest absolute Gasteiger partial charge is 0.245 e. The third kappa shape index (κ3) is 6.03. The normalized spacial score (nSPS) is 19.7. The van der Waals surface area contributed by atoms with Crippen LogP contribution >= 0.6 is 11.6 Å². The van der Waals surface area contributed by atoms with Crippen LogP contribution in [0, 0.1) is 0 Å². The van der Waals surface area contributed by atoms with Gasteiger partial charge in [-0.2, -0.15) is 0 Å². The molecule has 44 heavy (non-hydrogen) atoms. The fraction of sp³-hybridized carbons (Fsp3) is 0.394. The molecular formula is C33H37ClN4O5S. The van der Waals surface area contributed by atoms with Gasteiger partial charge in [0, 0.05) is 43.0 Å². The van der Waals surface area contributed by atoms with Gasteiger partial charge in [-0.05, 0) is 71.8 Å². The first-order valence-corrected chi connectivity index (χ1v) is 17.1. The maximum absolute atomic E-state index is 14.1. The van der Waals surface area contributed by atoms with E-state index in [1.165, 1.54) is 10.6 Å². The first-order valence-electron chi connectivity index (χ1n) is 14.9. The van der Waals surface area contributed by atoms with Crippen molar-refractivity contribution < 1.29 is 22.7 Å². The maximum Gasteiger partial charge on any atom is 0.245 e. The van der Waals surface area contributed by atoms with Gasteiger partial charge < -0.3 is 20.3 Å². The van der Waals surface area contributed by atoms with Gasteiger partial charge in [-0.25, -0.2) is 8.42 Å². The standard InChI is InChI=1S/C33H37ClN4O5S/c1-43-26-12-9-23-19-28(35-20-24(23)18-26)31(39)36-29(17-22-7-10-25(34)11-8-22)32(40)37-15-13-33(14-16-37)21-38(44(2,41)42)30-6-4-3-5-27(30)33/h3-12,18,28-29,35H,13-17,19-21H2,1-2H3,(H,36,39). The number of amides is 2. The molecule has 0 aliphatic carbocycles. The molecule has 9 nitrogen and oxygen atoms in total. The molecule has 0 aromatic heterocycles. The number of ether oxygens (including phenoxy) is 1. The van der Waals surface area contributed by atoms with Gasteiger partial charge in [0.1, 0.15) is 11.8 Å². The third-order valence-corrected chi connectivity index (χ3v) is 10.7. The molecule has 1 spiro atoms. The number of methoxy groups -OCH3 is 1. The number of sulfonamides is 1. The Kier molecular flexibility index (Phi) is 8.34. The average Bonchev–Trinajstić information content (AvgIpc) is 3.35. The molecule has 3 aromatic rings. The van der Waals surface area contributed by atoms with E-state index in [1.807, 2.05) is 59.5 Å². The summed E-state index contributed by atoms with van der Waals surface area (Å²) in [4.78, 5) is 29.5. The Morgan fingerprint density at radius 2 is 1.80 bits per heavy atom. The molecule has 1 saturated heterocycles. The summed E-state index contributed by atoms with van der Waals surface area (Å²) in [6, 6.07) is 19.6. The molecule has 3 heterocycles. The topological polar surface area (TPSA) is 108 Å². The zero-order chi connectivity index (χ0) is 31.1. The van der Waals surface area contributed by atoms with Crippen molar-refractivity contribution in [2.75, 3.05) is 37.3 Å². The second kappa shape index (κ2) is 12.1. The molecule has 2 N–H and O–H groups in total. The van der Waals surface area contributed by atoms with E-state index in [1.54, 1.807) is 19.2 Å². The van der Waals surface area contributed by atoms with Crippen molar-refractivity contribution >= 4 is 39.1 Å². The third-order valence-electron chi connectivity index (χ3n) is 9.28. The molecule has 0 bridgehead atoms. The van der Waals surface area contributed by atoms with Crippen LogP contribution in [-0.4, -0.2) is 70.2 Å². The minimum absolute atomic E-state index is 0.143. The summed E-state index contributed by atoms with van der Waals surface area (Å²) < 4.78 is 32.1. The molecular weight excluding hydrogens is 600 g/mol. The molecule has 232 valence electrons. The number of nitrogens with zero attached hydrogens (tertiary/aromatic N) is 2. The maximum atomic E-state index is 14.1. The fourth-order valence-corrected chi connectivity index (χ4v) is 7.94. The average molecular weight is 637 g/mol.